The quantitative estimate of drug-likeness (QED) is 0.858. The Morgan fingerprint density at radius 2 is 1.93 bits per heavy atom. The molecule has 7 nitrogen and oxygen atoms in total. The van der Waals surface area contributed by atoms with Crippen molar-refractivity contribution in [2.45, 2.75) is 51.7 Å². The van der Waals surface area contributed by atoms with Crippen molar-refractivity contribution in [1.29, 1.82) is 0 Å². The molecule has 1 saturated heterocycles. The number of hydrogen-bond donors (Lipinski definition) is 1. The fourth-order valence-corrected chi connectivity index (χ4v) is 4.49. The van der Waals surface area contributed by atoms with Crippen LogP contribution in [0.3, 0.4) is 0 Å². The molecular formula is C21H29N5O2. The first-order valence-electron chi connectivity index (χ1n) is 10.3. The van der Waals surface area contributed by atoms with Crippen LogP contribution in [0.4, 0.5) is 0 Å². The Kier molecular flexibility index (Phi) is 5.35. The van der Waals surface area contributed by atoms with Gasteiger partial charge in [-0.05, 0) is 43.2 Å². The van der Waals surface area contributed by atoms with Crippen LogP contribution in [0.1, 0.15) is 36.7 Å². The maximum Gasteiger partial charge on any atom is 0.345 e. The molecule has 150 valence electrons. The van der Waals surface area contributed by atoms with Crippen LogP contribution < -0.4 is 11.0 Å². The Labute approximate surface area is 165 Å². The van der Waals surface area contributed by atoms with Gasteiger partial charge in [0.2, 0.25) is 5.91 Å². The van der Waals surface area contributed by atoms with E-state index in [1.807, 2.05) is 24.0 Å². The number of rotatable bonds is 4. The number of amides is 1. The molecule has 0 unspecified atom stereocenters. The Bertz CT molecular complexity index is 908. The molecule has 1 aromatic carbocycles. The van der Waals surface area contributed by atoms with Gasteiger partial charge in [-0.25, -0.2) is 9.48 Å². The van der Waals surface area contributed by atoms with Crippen LogP contribution in [0.5, 0.6) is 0 Å². The number of hydrogen-bond acceptors (Lipinski definition) is 4. The number of aryl methyl sites for hydroxylation is 1. The summed E-state index contributed by atoms with van der Waals surface area (Å²) in [6, 6.07) is 8.23. The van der Waals surface area contributed by atoms with Crippen molar-refractivity contribution in [2.24, 2.45) is 13.0 Å². The summed E-state index contributed by atoms with van der Waals surface area (Å²) in [5.41, 5.74) is 2.53. The predicted octanol–water partition coefficient (Wildman–Crippen LogP) is 1.10. The molecule has 28 heavy (non-hydrogen) atoms. The van der Waals surface area contributed by atoms with Crippen molar-refractivity contribution in [2.75, 3.05) is 13.1 Å². The van der Waals surface area contributed by atoms with Crippen LogP contribution in [0.2, 0.25) is 0 Å². The maximum absolute atomic E-state index is 13.0. The van der Waals surface area contributed by atoms with Gasteiger partial charge in [0.1, 0.15) is 5.82 Å². The van der Waals surface area contributed by atoms with Crippen molar-refractivity contribution in [3.8, 4) is 0 Å². The lowest BCUT2D eigenvalue weighted by molar-refractivity contribution is -0.135. The number of nitrogens with zero attached hydrogens (tertiary/aromatic N) is 4. The molecule has 2 aliphatic rings. The lowest BCUT2D eigenvalue weighted by atomic mass is 9.91. The highest BCUT2D eigenvalue weighted by Crippen LogP contribution is 2.23. The van der Waals surface area contributed by atoms with Crippen molar-refractivity contribution >= 4 is 5.91 Å². The molecular weight excluding hydrogens is 354 g/mol. The summed E-state index contributed by atoms with van der Waals surface area (Å²) in [6.07, 6.45) is 3.50. The molecule has 1 atom stereocenters. The minimum Gasteiger partial charge on any atom is -0.341 e. The summed E-state index contributed by atoms with van der Waals surface area (Å²) in [6.45, 7) is 4.95. The molecule has 4 rings (SSSR count). The van der Waals surface area contributed by atoms with Crippen LogP contribution in [0.25, 0.3) is 0 Å². The number of benzene rings is 1. The van der Waals surface area contributed by atoms with Gasteiger partial charge in [-0.3, -0.25) is 9.36 Å². The lowest BCUT2D eigenvalue weighted by Gasteiger charge is -2.35. The normalized spacial score (nSPS) is 20.2. The zero-order valence-electron chi connectivity index (χ0n) is 16.7. The SMILES string of the molecule is CCn1c(CC2CCN(C(=O)[C@H]3Cc4ccccc4CN3)CC2)nn(C)c1=O. The zero-order chi connectivity index (χ0) is 19.7. The number of fused-ring (bicyclic) bond motifs is 1. The lowest BCUT2D eigenvalue weighted by Crippen LogP contribution is -2.51. The van der Waals surface area contributed by atoms with E-state index in [0.29, 0.717) is 12.5 Å². The third-order valence-corrected chi connectivity index (χ3v) is 6.18. The molecule has 1 N–H and O–H groups in total. The fourth-order valence-electron chi connectivity index (χ4n) is 4.49. The molecule has 3 heterocycles. The third-order valence-electron chi connectivity index (χ3n) is 6.18. The van der Waals surface area contributed by atoms with Gasteiger partial charge in [0.15, 0.2) is 0 Å². The van der Waals surface area contributed by atoms with E-state index in [1.54, 1.807) is 11.6 Å². The Balaban J connectivity index is 1.34. The number of nitrogens with one attached hydrogen (secondary N) is 1. The van der Waals surface area contributed by atoms with Crippen LogP contribution in [0, 0.1) is 5.92 Å². The molecule has 7 heteroatoms. The number of aromatic nitrogens is 3. The molecule has 1 aromatic heterocycles. The second kappa shape index (κ2) is 7.91. The monoisotopic (exact) mass is 383 g/mol. The largest absolute Gasteiger partial charge is 0.345 e. The second-order valence-electron chi connectivity index (χ2n) is 7.95. The fraction of sp³-hybridized carbons (Fsp3) is 0.571. The minimum absolute atomic E-state index is 0.0474. The summed E-state index contributed by atoms with van der Waals surface area (Å²) in [4.78, 5) is 27.1. The van der Waals surface area contributed by atoms with Crippen LogP contribution in [0.15, 0.2) is 29.1 Å². The first-order chi connectivity index (χ1) is 13.6. The van der Waals surface area contributed by atoms with Crippen LogP contribution in [-0.4, -0.2) is 44.3 Å². The van der Waals surface area contributed by atoms with Crippen molar-refractivity contribution in [3.63, 3.8) is 0 Å². The molecule has 0 spiro atoms. The van der Waals surface area contributed by atoms with Gasteiger partial charge in [-0.2, -0.15) is 5.10 Å². The Morgan fingerprint density at radius 1 is 1.21 bits per heavy atom. The summed E-state index contributed by atoms with van der Waals surface area (Å²) in [5.74, 6) is 1.55. The standard InChI is InChI=1S/C21H29N5O2/c1-3-26-19(23-24(2)21(26)28)12-15-8-10-25(11-9-15)20(27)18-13-16-6-4-5-7-17(16)14-22-18/h4-7,15,18,22H,3,8-14H2,1-2H3/t18-/m1/s1. The van der Waals surface area contributed by atoms with Gasteiger partial charge in [0.25, 0.3) is 0 Å². The van der Waals surface area contributed by atoms with E-state index in [2.05, 4.69) is 22.5 Å². The van der Waals surface area contributed by atoms with Gasteiger partial charge in [0.05, 0.1) is 6.04 Å². The smallest absolute Gasteiger partial charge is 0.341 e. The summed E-state index contributed by atoms with van der Waals surface area (Å²) < 4.78 is 3.17. The molecule has 2 aromatic rings. The van der Waals surface area contributed by atoms with E-state index in [-0.39, 0.29) is 17.6 Å². The van der Waals surface area contributed by atoms with E-state index < -0.39 is 0 Å². The average molecular weight is 383 g/mol. The number of carbonyl (C=O) groups excluding carboxylic acids is 1. The van der Waals surface area contributed by atoms with Crippen molar-refractivity contribution in [1.82, 2.24) is 24.6 Å². The van der Waals surface area contributed by atoms with Gasteiger partial charge >= 0.3 is 5.69 Å². The summed E-state index contributed by atoms with van der Waals surface area (Å²) in [5, 5.41) is 7.81. The van der Waals surface area contributed by atoms with Crippen LogP contribution >= 0.6 is 0 Å². The Morgan fingerprint density at radius 3 is 2.64 bits per heavy atom. The summed E-state index contributed by atoms with van der Waals surface area (Å²) >= 11 is 0. The molecule has 0 saturated carbocycles. The highest BCUT2D eigenvalue weighted by molar-refractivity contribution is 5.82. The molecule has 0 bridgehead atoms. The maximum atomic E-state index is 13.0. The topological polar surface area (TPSA) is 72.2 Å². The highest BCUT2D eigenvalue weighted by Gasteiger charge is 2.31. The molecule has 1 amide bonds. The third kappa shape index (κ3) is 3.63. The number of piperidine rings is 1. The van der Waals surface area contributed by atoms with Crippen molar-refractivity contribution < 1.29 is 4.79 Å². The average Bonchev–Trinajstić information content (AvgIpc) is 3.00. The van der Waals surface area contributed by atoms with Crippen molar-refractivity contribution in [3.05, 3.63) is 51.7 Å². The first kappa shape index (κ1) is 18.9. The number of likely N-dealkylation sites (tertiary alicyclic amines) is 1. The molecule has 1 fully saturated rings. The van der Waals surface area contributed by atoms with E-state index in [9.17, 15) is 9.59 Å². The second-order valence-corrected chi connectivity index (χ2v) is 7.95. The predicted molar refractivity (Wildman–Crippen MR) is 107 cm³/mol. The highest BCUT2D eigenvalue weighted by atomic mass is 16.2. The molecule has 2 aliphatic heterocycles. The van der Waals surface area contributed by atoms with Gasteiger partial charge < -0.3 is 10.2 Å². The number of carbonyl (C=O) groups is 1. The first-order valence-corrected chi connectivity index (χ1v) is 10.3. The molecule has 0 aliphatic carbocycles. The Hall–Kier alpha value is -2.41. The molecule has 0 radical (unpaired) electrons. The van der Waals surface area contributed by atoms with E-state index >= 15 is 0 Å². The zero-order valence-corrected chi connectivity index (χ0v) is 16.7. The van der Waals surface area contributed by atoms with Crippen LogP contribution in [-0.2, 0) is 37.8 Å². The van der Waals surface area contributed by atoms with E-state index in [0.717, 1.165) is 51.1 Å². The van der Waals surface area contributed by atoms with Gasteiger partial charge in [0, 0.05) is 39.6 Å². The van der Waals surface area contributed by atoms with Gasteiger partial charge in [-0.1, -0.05) is 24.3 Å². The summed E-state index contributed by atoms with van der Waals surface area (Å²) in [7, 11) is 1.70. The van der Waals surface area contributed by atoms with E-state index in [4.69, 9.17) is 0 Å². The minimum atomic E-state index is -0.118. The van der Waals surface area contributed by atoms with E-state index in [1.165, 1.54) is 15.8 Å². The van der Waals surface area contributed by atoms with Gasteiger partial charge in [-0.15, -0.1) is 0 Å².